The molecule has 1 saturated heterocycles. The second kappa shape index (κ2) is 5.38. The molecule has 6 heteroatoms. The molecule has 0 aliphatic carbocycles. The molecule has 1 fully saturated rings. The number of hydrogen-bond acceptors (Lipinski definition) is 4. The van der Waals surface area contributed by atoms with Crippen molar-refractivity contribution in [3.05, 3.63) is 52.4 Å². The van der Waals surface area contributed by atoms with Crippen LogP contribution < -0.4 is 10.9 Å². The predicted octanol–water partition coefficient (Wildman–Crippen LogP) is 1.55. The van der Waals surface area contributed by atoms with Crippen molar-refractivity contribution >= 4 is 5.78 Å². The molecule has 3 aromatic rings. The van der Waals surface area contributed by atoms with Gasteiger partial charge in [0.25, 0.3) is 11.3 Å². The summed E-state index contributed by atoms with van der Waals surface area (Å²) >= 11 is 0. The molecule has 0 saturated carbocycles. The Morgan fingerprint density at radius 1 is 1.09 bits per heavy atom. The smallest absolute Gasteiger partial charge is 0.274 e. The van der Waals surface area contributed by atoms with Crippen LogP contribution in [0.3, 0.4) is 0 Å². The third-order valence-electron chi connectivity index (χ3n) is 4.16. The van der Waals surface area contributed by atoms with Gasteiger partial charge in [-0.2, -0.15) is 9.50 Å². The summed E-state index contributed by atoms with van der Waals surface area (Å²) in [5.41, 5.74) is 1.70. The first-order chi connectivity index (χ1) is 10.8. The number of aromatic amines is 1. The number of aromatic nitrogens is 4. The summed E-state index contributed by atoms with van der Waals surface area (Å²) in [5.74, 6) is 1.45. The Labute approximate surface area is 127 Å². The lowest BCUT2D eigenvalue weighted by Gasteiger charge is -2.21. The number of rotatable bonds is 2. The Bertz CT molecular complexity index is 846. The molecule has 112 valence electrons. The van der Waals surface area contributed by atoms with Crippen LogP contribution in [0.5, 0.6) is 0 Å². The van der Waals surface area contributed by atoms with E-state index < -0.39 is 0 Å². The molecule has 1 aliphatic rings. The highest BCUT2D eigenvalue weighted by atomic mass is 16.1. The van der Waals surface area contributed by atoms with E-state index in [-0.39, 0.29) is 5.56 Å². The average molecular weight is 295 g/mol. The van der Waals surface area contributed by atoms with Crippen LogP contribution in [0.4, 0.5) is 0 Å². The van der Waals surface area contributed by atoms with E-state index in [4.69, 9.17) is 0 Å². The number of piperidine rings is 1. The van der Waals surface area contributed by atoms with Crippen molar-refractivity contribution < 1.29 is 0 Å². The molecular weight excluding hydrogens is 278 g/mol. The van der Waals surface area contributed by atoms with Crippen molar-refractivity contribution in [2.24, 2.45) is 0 Å². The highest BCUT2D eigenvalue weighted by molar-refractivity contribution is 5.56. The molecule has 0 radical (unpaired) electrons. The van der Waals surface area contributed by atoms with Crippen molar-refractivity contribution in [1.82, 2.24) is 24.9 Å². The third kappa shape index (κ3) is 2.31. The van der Waals surface area contributed by atoms with E-state index in [1.165, 1.54) is 4.52 Å². The van der Waals surface area contributed by atoms with Gasteiger partial charge in [-0.05, 0) is 25.9 Å². The molecule has 0 unspecified atom stereocenters. The Morgan fingerprint density at radius 2 is 1.86 bits per heavy atom. The molecule has 0 spiro atoms. The summed E-state index contributed by atoms with van der Waals surface area (Å²) in [5, 5.41) is 6.36. The van der Waals surface area contributed by atoms with Crippen LogP contribution in [0.25, 0.3) is 17.2 Å². The van der Waals surface area contributed by atoms with Crippen LogP contribution in [-0.2, 0) is 0 Å². The SMILES string of the molecule is O=c1cc(C2CCNCC2)nc2nc(-c3ccccc3)[nH]n12. The first-order valence-corrected chi connectivity index (χ1v) is 7.57. The summed E-state index contributed by atoms with van der Waals surface area (Å²) in [6.45, 7) is 1.95. The highest BCUT2D eigenvalue weighted by Crippen LogP contribution is 2.23. The molecule has 2 N–H and O–H groups in total. The van der Waals surface area contributed by atoms with E-state index in [2.05, 4.69) is 20.4 Å². The van der Waals surface area contributed by atoms with Gasteiger partial charge in [-0.25, -0.2) is 4.98 Å². The maximum absolute atomic E-state index is 12.3. The molecule has 1 aliphatic heterocycles. The molecule has 2 aromatic heterocycles. The molecule has 3 heterocycles. The first-order valence-electron chi connectivity index (χ1n) is 7.57. The van der Waals surface area contributed by atoms with Gasteiger partial charge in [0.05, 0.1) is 5.69 Å². The summed E-state index contributed by atoms with van der Waals surface area (Å²) < 4.78 is 1.41. The van der Waals surface area contributed by atoms with Crippen LogP contribution in [0, 0.1) is 0 Å². The number of nitrogens with one attached hydrogen (secondary N) is 2. The molecule has 0 amide bonds. The molecule has 4 rings (SSSR count). The molecule has 1 aromatic carbocycles. The maximum Gasteiger partial charge on any atom is 0.274 e. The van der Waals surface area contributed by atoms with Gasteiger partial charge in [-0.15, -0.1) is 0 Å². The van der Waals surface area contributed by atoms with Gasteiger partial charge >= 0.3 is 0 Å². The third-order valence-corrected chi connectivity index (χ3v) is 4.16. The van der Waals surface area contributed by atoms with Crippen molar-refractivity contribution in [2.45, 2.75) is 18.8 Å². The van der Waals surface area contributed by atoms with Crippen molar-refractivity contribution in [3.8, 4) is 11.4 Å². The molecule has 22 heavy (non-hydrogen) atoms. The largest absolute Gasteiger partial charge is 0.317 e. The van der Waals surface area contributed by atoms with Gasteiger partial charge in [-0.1, -0.05) is 30.3 Å². The van der Waals surface area contributed by atoms with Crippen LogP contribution in [0.2, 0.25) is 0 Å². The summed E-state index contributed by atoms with van der Waals surface area (Å²) in [6.07, 6.45) is 2.02. The second-order valence-electron chi connectivity index (χ2n) is 5.62. The van der Waals surface area contributed by atoms with E-state index >= 15 is 0 Å². The molecule has 0 atom stereocenters. The van der Waals surface area contributed by atoms with Gasteiger partial charge in [0, 0.05) is 17.5 Å². The number of benzene rings is 1. The number of hydrogen-bond donors (Lipinski definition) is 2. The van der Waals surface area contributed by atoms with Crippen molar-refractivity contribution in [3.63, 3.8) is 0 Å². The monoisotopic (exact) mass is 295 g/mol. The number of nitrogens with zero attached hydrogens (tertiary/aromatic N) is 3. The highest BCUT2D eigenvalue weighted by Gasteiger charge is 2.19. The van der Waals surface area contributed by atoms with Gasteiger partial charge in [0.2, 0.25) is 0 Å². The molecule has 0 bridgehead atoms. The Kier molecular flexibility index (Phi) is 3.23. The minimum absolute atomic E-state index is 0.104. The van der Waals surface area contributed by atoms with E-state index in [9.17, 15) is 4.79 Å². The maximum atomic E-state index is 12.3. The van der Waals surface area contributed by atoms with E-state index in [1.54, 1.807) is 6.07 Å². The van der Waals surface area contributed by atoms with Crippen LogP contribution in [0.1, 0.15) is 24.5 Å². The fourth-order valence-corrected chi connectivity index (χ4v) is 2.95. The minimum Gasteiger partial charge on any atom is -0.317 e. The second-order valence-corrected chi connectivity index (χ2v) is 5.62. The zero-order valence-electron chi connectivity index (χ0n) is 12.1. The van der Waals surface area contributed by atoms with Gasteiger partial charge < -0.3 is 5.32 Å². The zero-order chi connectivity index (χ0) is 14.9. The zero-order valence-corrected chi connectivity index (χ0v) is 12.1. The minimum atomic E-state index is -0.104. The fourth-order valence-electron chi connectivity index (χ4n) is 2.95. The summed E-state index contributed by atoms with van der Waals surface area (Å²) in [4.78, 5) is 21.4. The predicted molar refractivity (Wildman–Crippen MR) is 83.9 cm³/mol. The topological polar surface area (TPSA) is 75.1 Å². The van der Waals surface area contributed by atoms with E-state index in [0.29, 0.717) is 17.5 Å². The Balaban J connectivity index is 1.79. The average Bonchev–Trinajstić information content (AvgIpc) is 3.01. The standard InChI is InChI=1S/C16H17N5O/c22-14-10-13(11-6-8-17-9-7-11)18-16-19-15(20-21(14)16)12-4-2-1-3-5-12/h1-5,10-11,17H,6-9H2,(H,18,19,20). The Hall–Kier alpha value is -2.47. The van der Waals surface area contributed by atoms with Crippen molar-refractivity contribution in [2.75, 3.05) is 13.1 Å². The molecular formula is C16H17N5O. The lowest BCUT2D eigenvalue weighted by atomic mass is 9.94. The van der Waals surface area contributed by atoms with Gasteiger partial charge in [0.1, 0.15) is 0 Å². The fraction of sp³-hybridized carbons (Fsp3) is 0.312. The lowest BCUT2D eigenvalue weighted by Crippen LogP contribution is -2.28. The van der Waals surface area contributed by atoms with Crippen LogP contribution >= 0.6 is 0 Å². The number of fused-ring (bicyclic) bond motifs is 1. The normalized spacial score (nSPS) is 16.2. The molecule has 6 nitrogen and oxygen atoms in total. The van der Waals surface area contributed by atoms with Crippen molar-refractivity contribution in [1.29, 1.82) is 0 Å². The van der Waals surface area contributed by atoms with E-state index in [0.717, 1.165) is 37.2 Å². The lowest BCUT2D eigenvalue weighted by molar-refractivity contribution is 0.453. The van der Waals surface area contributed by atoms with Crippen LogP contribution in [0.15, 0.2) is 41.2 Å². The quantitative estimate of drug-likeness (QED) is 0.752. The van der Waals surface area contributed by atoms with Gasteiger partial charge in [0.15, 0.2) is 5.82 Å². The van der Waals surface area contributed by atoms with E-state index in [1.807, 2.05) is 30.3 Å². The Morgan fingerprint density at radius 3 is 2.64 bits per heavy atom. The van der Waals surface area contributed by atoms with Crippen LogP contribution in [-0.4, -0.2) is 32.7 Å². The summed E-state index contributed by atoms with van der Waals surface area (Å²) in [6, 6.07) is 11.4. The summed E-state index contributed by atoms with van der Waals surface area (Å²) in [7, 11) is 0. The number of H-pyrrole nitrogens is 1. The first kappa shape index (κ1) is 13.2. The van der Waals surface area contributed by atoms with Gasteiger partial charge in [-0.3, -0.25) is 9.89 Å².